The number of nitrogens with two attached hydrogens (primary N) is 2. The van der Waals surface area contributed by atoms with Crippen molar-refractivity contribution in [2.24, 2.45) is 40.6 Å². The summed E-state index contributed by atoms with van der Waals surface area (Å²) in [6.45, 7) is 11.2. The number of rotatable bonds is 17. The zero-order valence-electron chi connectivity index (χ0n) is 27.8. The van der Waals surface area contributed by atoms with Crippen molar-refractivity contribution in [2.75, 3.05) is 13.7 Å². The molecule has 1 aromatic carbocycles. The van der Waals surface area contributed by atoms with Gasteiger partial charge in [-0.15, -0.1) is 0 Å². The van der Waals surface area contributed by atoms with Crippen molar-refractivity contribution in [3.8, 4) is 11.5 Å². The molecule has 1 fully saturated rings. The summed E-state index contributed by atoms with van der Waals surface area (Å²) in [5.41, 5.74) is 11.8. The van der Waals surface area contributed by atoms with E-state index in [1.807, 2.05) is 33.8 Å². The maximum absolute atomic E-state index is 13.0. The number of amides is 2. The lowest BCUT2D eigenvalue weighted by atomic mass is 9.80. The fourth-order valence-electron chi connectivity index (χ4n) is 5.26. The molecule has 0 aromatic heterocycles. The number of nitrogens with one attached hydrogen (secondary N) is 1. The van der Waals surface area contributed by atoms with E-state index in [-0.39, 0.29) is 48.1 Å². The summed E-state index contributed by atoms with van der Waals surface area (Å²) in [6.07, 6.45) is -8.77. The van der Waals surface area contributed by atoms with E-state index in [0.29, 0.717) is 12.8 Å². The van der Waals surface area contributed by atoms with E-state index < -0.39 is 66.1 Å². The second-order valence-corrected chi connectivity index (χ2v) is 13.6. The van der Waals surface area contributed by atoms with Gasteiger partial charge in [0.05, 0.1) is 18.6 Å². The number of aliphatic hydroxyl groups is 4. The van der Waals surface area contributed by atoms with E-state index in [1.54, 1.807) is 26.0 Å². The number of hydrogen-bond donors (Lipinski definition) is 8. The Kier molecular flexibility index (Phi) is 14.2. The molecule has 1 aromatic rings. The fraction of sp³-hybridized carbons (Fsp3) is 0.719. The van der Waals surface area contributed by atoms with Crippen LogP contribution in [0.5, 0.6) is 11.5 Å². The highest BCUT2D eigenvalue weighted by molar-refractivity contribution is 5.83. The number of carboxylic acids is 1. The molecule has 0 aliphatic carbocycles. The van der Waals surface area contributed by atoms with E-state index in [2.05, 4.69) is 5.32 Å². The first-order valence-corrected chi connectivity index (χ1v) is 15.6. The van der Waals surface area contributed by atoms with Gasteiger partial charge in [0.15, 0.2) is 17.6 Å². The molecule has 1 aliphatic heterocycles. The fourth-order valence-corrected chi connectivity index (χ4v) is 5.26. The van der Waals surface area contributed by atoms with E-state index in [4.69, 9.17) is 25.7 Å². The van der Waals surface area contributed by atoms with E-state index in [9.17, 15) is 39.9 Å². The molecule has 262 valence electrons. The average Bonchev–Trinajstić information content (AvgIpc) is 2.97. The Morgan fingerprint density at radius 1 is 1.00 bits per heavy atom. The summed E-state index contributed by atoms with van der Waals surface area (Å²) in [6, 6.07) is 4.44. The van der Waals surface area contributed by atoms with E-state index in [1.165, 1.54) is 7.11 Å². The highest BCUT2D eigenvalue weighted by atomic mass is 16.7. The predicted octanol–water partition coefficient (Wildman–Crippen LogP) is 0.149. The third-order valence-corrected chi connectivity index (χ3v) is 8.80. The second kappa shape index (κ2) is 16.7. The summed E-state index contributed by atoms with van der Waals surface area (Å²) >= 11 is 0. The van der Waals surface area contributed by atoms with Gasteiger partial charge in [-0.1, -0.05) is 33.8 Å². The minimum Gasteiger partial charge on any atom is -0.493 e. The lowest BCUT2D eigenvalue weighted by Gasteiger charge is -2.38. The monoisotopic (exact) mass is 655 g/mol. The van der Waals surface area contributed by atoms with Crippen LogP contribution in [0, 0.1) is 29.1 Å². The minimum atomic E-state index is -1.86. The van der Waals surface area contributed by atoms with E-state index >= 15 is 0 Å². The topological polar surface area (TPSA) is 244 Å². The van der Waals surface area contributed by atoms with Gasteiger partial charge in [0.25, 0.3) is 0 Å². The van der Waals surface area contributed by atoms with Crippen LogP contribution in [0.4, 0.5) is 0 Å². The Morgan fingerprint density at radius 3 is 2.15 bits per heavy atom. The first kappa shape index (κ1) is 39.2. The third kappa shape index (κ3) is 10.2. The summed E-state index contributed by atoms with van der Waals surface area (Å²) in [5.74, 6) is -2.48. The van der Waals surface area contributed by atoms with Crippen molar-refractivity contribution in [3.63, 3.8) is 0 Å². The summed E-state index contributed by atoms with van der Waals surface area (Å²) in [4.78, 5) is 36.2. The molecule has 1 saturated heterocycles. The molecule has 14 nitrogen and oxygen atoms in total. The Bertz CT molecular complexity index is 1180. The molecule has 10 N–H and O–H groups in total. The molecule has 0 bridgehead atoms. The molecule has 1 aliphatic rings. The average molecular weight is 656 g/mol. The van der Waals surface area contributed by atoms with Crippen LogP contribution < -0.4 is 26.3 Å². The lowest BCUT2D eigenvalue weighted by molar-refractivity contribution is -0.271. The Labute approximate surface area is 270 Å². The number of methoxy groups -OCH3 is 1. The van der Waals surface area contributed by atoms with Crippen LogP contribution in [0.1, 0.15) is 59.9 Å². The number of carboxylic acid groups (broad SMARTS) is 1. The largest absolute Gasteiger partial charge is 0.493 e. The number of hydrogen-bond acceptors (Lipinski definition) is 11. The molecule has 2 rings (SSSR count). The molecular formula is C32H53N3O11. The number of carbonyl (C=O) groups is 3. The van der Waals surface area contributed by atoms with Crippen molar-refractivity contribution in [1.29, 1.82) is 0 Å². The molecule has 5 unspecified atom stereocenters. The van der Waals surface area contributed by atoms with Gasteiger partial charge in [-0.05, 0) is 68.6 Å². The van der Waals surface area contributed by atoms with Gasteiger partial charge in [-0.3, -0.25) is 9.59 Å². The first-order chi connectivity index (χ1) is 21.3. The third-order valence-electron chi connectivity index (χ3n) is 8.80. The van der Waals surface area contributed by atoms with Crippen molar-refractivity contribution in [3.05, 3.63) is 23.8 Å². The summed E-state index contributed by atoms with van der Waals surface area (Å²) in [7, 11) is 1.40. The highest BCUT2D eigenvalue weighted by Gasteiger charge is 2.48. The van der Waals surface area contributed by atoms with Crippen LogP contribution in [-0.2, 0) is 25.5 Å². The van der Waals surface area contributed by atoms with E-state index in [0.717, 1.165) is 5.56 Å². The minimum absolute atomic E-state index is 0.0153. The van der Waals surface area contributed by atoms with Crippen LogP contribution in [0.25, 0.3) is 0 Å². The number of primary amides is 1. The van der Waals surface area contributed by atoms with Crippen LogP contribution in [-0.4, -0.2) is 99.8 Å². The summed E-state index contributed by atoms with van der Waals surface area (Å²) in [5, 5.41) is 53.8. The second-order valence-electron chi connectivity index (χ2n) is 13.6. The summed E-state index contributed by atoms with van der Waals surface area (Å²) < 4.78 is 16.4. The van der Waals surface area contributed by atoms with Crippen LogP contribution in [0.2, 0.25) is 0 Å². The van der Waals surface area contributed by atoms with Crippen LogP contribution in [0.15, 0.2) is 18.2 Å². The first-order valence-electron chi connectivity index (χ1n) is 15.6. The van der Waals surface area contributed by atoms with Crippen LogP contribution >= 0.6 is 0 Å². The zero-order valence-corrected chi connectivity index (χ0v) is 27.8. The maximum Gasteiger partial charge on any atom is 0.335 e. The molecule has 46 heavy (non-hydrogen) atoms. The number of carbonyl (C=O) groups excluding carboxylic acids is 2. The SMILES string of the molecule is COc1ccc(C[C@@H](C[C@H](N)[C@@H](O)C[C@H](C(=O)NCC(C)(C)C(N)=O)C(C)C)C(C)C)cc1OC1OC(C(=O)O)C(O)C(O)C1O. The molecule has 1 heterocycles. The standard InChI is InChI=1S/C32H53N3O11/c1-15(2)18(12-20(33)21(36)13-19(16(3)4)28(40)35-14-32(5,6)31(34)43)10-17-8-9-22(44-7)23(11-17)45-30-26(39)24(37)25(38)27(46-30)29(41)42/h8-9,11,15-16,18-21,24-27,30,36-39H,10,12-14,33H2,1-7H3,(H2,34,43)(H,35,40)(H,41,42)/t18-,19-,20-,21-,24?,25?,26?,27?,30?/m0/s1. The predicted molar refractivity (Wildman–Crippen MR) is 168 cm³/mol. The van der Waals surface area contributed by atoms with Gasteiger partial charge < -0.3 is 56.5 Å². The molecule has 2 amide bonds. The number of aliphatic hydroxyl groups excluding tert-OH is 4. The van der Waals surface area contributed by atoms with Crippen molar-refractivity contribution >= 4 is 17.8 Å². The zero-order chi connectivity index (χ0) is 35.1. The van der Waals surface area contributed by atoms with Crippen molar-refractivity contribution < 1.29 is 54.1 Å². The smallest absolute Gasteiger partial charge is 0.335 e. The number of aliphatic carboxylic acids is 1. The van der Waals surface area contributed by atoms with Crippen LogP contribution in [0.3, 0.4) is 0 Å². The van der Waals surface area contributed by atoms with Gasteiger partial charge in [0, 0.05) is 18.5 Å². The Morgan fingerprint density at radius 2 is 1.63 bits per heavy atom. The van der Waals surface area contributed by atoms with Gasteiger partial charge >= 0.3 is 5.97 Å². The lowest BCUT2D eigenvalue weighted by Crippen LogP contribution is -2.61. The van der Waals surface area contributed by atoms with Gasteiger partial charge in [-0.25, -0.2) is 4.79 Å². The molecular weight excluding hydrogens is 602 g/mol. The Balaban J connectivity index is 2.16. The molecule has 14 heteroatoms. The molecule has 0 saturated carbocycles. The molecule has 0 radical (unpaired) electrons. The number of benzene rings is 1. The van der Waals surface area contributed by atoms with Crippen molar-refractivity contribution in [1.82, 2.24) is 5.32 Å². The maximum atomic E-state index is 13.0. The quantitative estimate of drug-likeness (QED) is 0.112. The van der Waals surface area contributed by atoms with Gasteiger partial charge in [-0.2, -0.15) is 0 Å². The van der Waals surface area contributed by atoms with Crippen molar-refractivity contribution in [2.45, 2.75) is 104 Å². The van der Waals surface area contributed by atoms with Gasteiger partial charge in [0.1, 0.15) is 18.3 Å². The molecule has 9 atom stereocenters. The normalized spacial score (nSPS) is 24.6. The van der Waals surface area contributed by atoms with Gasteiger partial charge in [0.2, 0.25) is 18.1 Å². The number of ether oxygens (including phenoxy) is 3. The Hall–Kier alpha value is -3.01. The molecule has 0 spiro atoms. The highest BCUT2D eigenvalue weighted by Crippen LogP contribution is 2.34.